The highest BCUT2D eigenvalue weighted by molar-refractivity contribution is 6.11. The minimum Gasteiger partial charge on any atom is -0.366 e. The van der Waals surface area contributed by atoms with E-state index in [-0.39, 0.29) is 11.3 Å². The number of aromatic nitrogens is 2. The lowest BCUT2D eigenvalue weighted by Gasteiger charge is -2.13. The summed E-state index contributed by atoms with van der Waals surface area (Å²) in [6.45, 7) is 0. The quantitative estimate of drug-likeness (QED) is 0.506. The van der Waals surface area contributed by atoms with E-state index in [2.05, 4.69) is 15.3 Å². The fourth-order valence-electron chi connectivity index (χ4n) is 3.01. The van der Waals surface area contributed by atoms with Crippen molar-refractivity contribution in [2.75, 3.05) is 5.32 Å². The maximum absolute atomic E-state index is 13.0. The van der Waals surface area contributed by atoms with Crippen molar-refractivity contribution in [2.45, 2.75) is 6.18 Å². The molecule has 0 aliphatic carbocycles. The Hall–Kier alpha value is -3.68. The summed E-state index contributed by atoms with van der Waals surface area (Å²) in [6.07, 6.45) is -1.23. The van der Waals surface area contributed by atoms with E-state index in [1.807, 2.05) is 0 Å². The molecule has 0 spiro atoms. The number of alkyl halides is 3. The summed E-state index contributed by atoms with van der Waals surface area (Å²) in [4.78, 5) is 20.1. The van der Waals surface area contributed by atoms with Gasteiger partial charge in [0.2, 0.25) is 5.91 Å². The Balaban J connectivity index is 1.89. The van der Waals surface area contributed by atoms with Gasteiger partial charge in [0.1, 0.15) is 5.82 Å². The monoisotopic (exact) mass is 382 g/mol. The number of halogens is 3. The minimum absolute atomic E-state index is 0.242. The van der Waals surface area contributed by atoms with Gasteiger partial charge in [-0.25, -0.2) is 4.98 Å². The topological polar surface area (TPSA) is 80.9 Å². The summed E-state index contributed by atoms with van der Waals surface area (Å²) in [5, 5.41) is 5.13. The van der Waals surface area contributed by atoms with Crippen molar-refractivity contribution in [1.82, 2.24) is 9.97 Å². The molecule has 2 aromatic heterocycles. The number of carbonyl (C=O) groups excluding carboxylic acids is 1. The molecule has 0 bridgehead atoms. The molecule has 140 valence electrons. The largest absolute Gasteiger partial charge is 0.416 e. The summed E-state index contributed by atoms with van der Waals surface area (Å²) in [7, 11) is 0. The van der Waals surface area contributed by atoms with Gasteiger partial charge in [0.15, 0.2) is 0 Å². The van der Waals surface area contributed by atoms with Crippen molar-refractivity contribution in [3.05, 3.63) is 72.1 Å². The number of anilines is 2. The third-order valence-corrected chi connectivity index (χ3v) is 4.33. The van der Waals surface area contributed by atoms with E-state index in [9.17, 15) is 18.0 Å². The van der Waals surface area contributed by atoms with Gasteiger partial charge in [-0.3, -0.25) is 9.78 Å². The highest BCUT2D eigenvalue weighted by Gasteiger charge is 2.30. The smallest absolute Gasteiger partial charge is 0.366 e. The van der Waals surface area contributed by atoms with Crippen LogP contribution in [0.15, 0.2) is 60.9 Å². The van der Waals surface area contributed by atoms with Crippen molar-refractivity contribution in [3.8, 4) is 0 Å². The van der Waals surface area contributed by atoms with E-state index in [1.54, 1.807) is 36.7 Å². The molecule has 0 unspecified atom stereocenters. The average molecular weight is 382 g/mol. The average Bonchev–Trinajstić information content (AvgIpc) is 2.67. The van der Waals surface area contributed by atoms with Crippen molar-refractivity contribution in [1.29, 1.82) is 0 Å². The molecule has 3 N–H and O–H groups in total. The first-order valence-electron chi connectivity index (χ1n) is 8.24. The first kappa shape index (κ1) is 17.7. The molecule has 5 nitrogen and oxygen atoms in total. The number of nitrogens with one attached hydrogen (secondary N) is 1. The molecule has 4 aromatic rings. The highest BCUT2D eigenvalue weighted by Crippen LogP contribution is 2.34. The predicted octanol–water partition coefficient (Wildman–Crippen LogP) is 4.64. The van der Waals surface area contributed by atoms with Crippen molar-refractivity contribution in [2.24, 2.45) is 5.73 Å². The molecular weight excluding hydrogens is 369 g/mol. The molecule has 8 heteroatoms. The van der Waals surface area contributed by atoms with E-state index in [0.717, 1.165) is 22.9 Å². The Labute approximate surface area is 157 Å². The van der Waals surface area contributed by atoms with Gasteiger partial charge in [-0.2, -0.15) is 13.2 Å². The van der Waals surface area contributed by atoms with Crippen LogP contribution >= 0.6 is 0 Å². The van der Waals surface area contributed by atoms with E-state index in [1.165, 1.54) is 12.1 Å². The zero-order valence-electron chi connectivity index (χ0n) is 14.3. The predicted molar refractivity (Wildman–Crippen MR) is 100 cm³/mol. The Morgan fingerprint density at radius 1 is 1.00 bits per heavy atom. The Bertz CT molecular complexity index is 1220. The van der Waals surface area contributed by atoms with Gasteiger partial charge in [-0.15, -0.1) is 0 Å². The second kappa shape index (κ2) is 6.49. The van der Waals surface area contributed by atoms with Crippen LogP contribution in [0.4, 0.5) is 24.7 Å². The number of hydrogen-bond acceptors (Lipinski definition) is 4. The second-order valence-electron chi connectivity index (χ2n) is 6.18. The van der Waals surface area contributed by atoms with Crippen LogP contribution in [0.25, 0.3) is 21.7 Å². The van der Waals surface area contributed by atoms with Crippen LogP contribution in [-0.4, -0.2) is 15.9 Å². The van der Waals surface area contributed by atoms with Crippen LogP contribution in [0.5, 0.6) is 0 Å². The van der Waals surface area contributed by atoms with E-state index in [4.69, 9.17) is 5.73 Å². The van der Waals surface area contributed by atoms with Crippen LogP contribution in [-0.2, 0) is 6.18 Å². The highest BCUT2D eigenvalue weighted by atomic mass is 19.4. The maximum Gasteiger partial charge on any atom is 0.416 e. The maximum atomic E-state index is 13.0. The summed E-state index contributed by atoms with van der Waals surface area (Å²) in [5.74, 6) is -0.242. The van der Waals surface area contributed by atoms with Crippen LogP contribution in [0, 0.1) is 0 Å². The number of rotatable bonds is 3. The van der Waals surface area contributed by atoms with E-state index >= 15 is 0 Å². The lowest BCUT2D eigenvalue weighted by molar-refractivity contribution is -0.137. The minimum atomic E-state index is -4.45. The molecule has 2 heterocycles. The first-order chi connectivity index (χ1) is 13.3. The van der Waals surface area contributed by atoms with E-state index < -0.39 is 17.6 Å². The number of fused-ring (bicyclic) bond motifs is 3. The third kappa shape index (κ3) is 3.20. The number of nitrogens with zero attached hydrogens (tertiary/aromatic N) is 2. The van der Waals surface area contributed by atoms with Gasteiger partial charge in [0.05, 0.1) is 11.1 Å². The van der Waals surface area contributed by atoms with Crippen molar-refractivity contribution >= 4 is 39.1 Å². The molecule has 4 rings (SSSR count). The molecule has 28 heavy (non-hydrogen) atoms. The number of carbonyl (C=O) groups is 1. The molecule has 0 aliphatic rings. The van der Waals surface area contributed by atoms with Crippen LogP contribution in [0.2, 0.25) is 0 Å². The number of hydrogen-bond donors (Lipinski definition) is 2. The first-order valence-corrected chi connectivity index (χ1v) is 8.24. The standard InChI is InChI=1S/C20H13F3N4O/c21-20(22,23)12-2-1-3-13(9-12)26-19-15-6-7-25-10-16(15)14-5-4-11(18(24)28)8-17(14)27-19/h1-10H,(H2,24,28)(H,26,27). The molecule has 1 amide bonds. The number of nitrogens with two attached hydrogens (primary N) is 1. The zero-order chi connectivity index (χ0) is 19.9. The lowest BCUT2D eigenvalue weighted by atomic mass is 10.1. The molecule has 0 fully saturated rings. The van der Waals surface area contributed by atoms with Crippen LogP contribution in [0.1, 0.15) is 15.9 Å². The molecular formula is C20H13F3N4O. The van der Waals surface area contributed by atoms with Crippen LogP contribution in [0.3, 0.4) is 0 Å². The normalized spacial score (nSPS) is 11.7. The number of primary amides is 1. The summed E-state index contributed by atoms with van der Waals surface area (Å²) in [6, 6.07) is 11.4. The second-order valence-corrected chi connectivity index (χ2v) is 6.18. The number of pyridine rings is 2. The number of amides is 1. The fourth-order valence-corrected chi connectivity index (χ4v) is 3.01. The van der Waals surface area contributed by atoms with Gasteiger partial charge in [0.25, 0.3) is 0 Å². The molecule has 0 radical (unpaired) electrons. The van der Waals surface area contributed by atoms with Gasteiger partial charge in [-0.05, 0) is 36.4 Å². The SMILES string of the molecule is NC(=O)c1ccc2c(c1)nc(Nc1cccc(C(F)(F)F)c1)c1ccncc12. The third-order valence-electron chi connectivity index (χ3n) is 4.33. The summed E-state index contributed by atoms with van der Waals surface area (Å²) < 4.78 is 39.0. The van der Waals surface area contributed by atoms with Crippen molar-refractivity contribution < 1.29 is 18.0 Å². The van der Waals surface area contributed by atoms with Gasteiger partial charge < -0.3 is 11.1 Å². The van der Waals surface area contributed by atoms with Gasteiger partial charge >= 0.3 is 6.18 Å². The fraction of sp³-hybridized carbons (Fsp3) is 0.0500. The molecule has 0 atom stereocenters. The Morgan fingerprint density at radius 3 is 2.57 bits per heavy atom. The summed E-state index contributed by atoms with van der Waals surface area (Å²) in [5.41, 5.74) is 5.58. The van der Waals surface area contributed by atoms with Gasteiger partial charge in [-0.1, -0.05) is 12.1 Å². The molecule has 0 saturated heterocycles. The number of benzene rings is 2. The zero-order valence-corrected chi connectivity index (χ0v) is 14.3. The molecule has 0 saturated carbocycles. The Kier molecular flexibility index (Phi) is 4.11. The molecule has 0 aliphatic heterocycles. The van der Waals surface area contributed by atoms with E-state index in [0.29, 0.717) is 16.7 Å². The lowest BCUT2D eigenvalue weighted by Crippen LogP contribution is -2.10. The van der Waals surface area contributed by atoms with Crippen LogP contribution < -0.4 is 11.1 Å². The van der Waals surface area contributed by atoms with Crippen molar-refractivity contribution in [3.63, 3.8) is 0 Å². The summed E-state index contributed by atoms with van der Waals surface area (Å²) >= 11 is 0. The molecule has 2 aromatic carbocycles. The van der Waals surface area contributed by atoms with Gasteiger partial charge in [0, 0.05) is 39.8 Å². The Morgan fingerprint density at radius 2 is 1.82 bits per heavy atom.